The van der Waals surface area contributed by atoms with Crippen molar-refractivity contribution in [2.24, 2.45) is 0 Å². The topological polar surface area (TPSA) is 67.2 Å². The number of benzene rings is 2. The van der Waals surface area contributed by atoms with Crippen molar-refractivity contribution in [2.45, 2.75) is 6.92 Å². The fraction of sp³-hybridized carbons (Fsp3) is 0.0714. The number of hydrogen-bond donors (Lipinski definition) is 2. The number of non-ortho nitro benzene ring substituents is 1. The molecule has 0 bridgehead atoms. The average Bonchev–Trinajstić information content (AvgIpc) is 2.45. The third-order valence-corrected chi connectivity index (χ3v) is 3.63. The average molecular weight is 356 g/mol. The SMILES string of the molecule is Cc1ccc(Cl)cc1NC(=S)Nc1cc([N+](=O)[O-])ccc1Cl. The second kappa shape index (κ2) is 6.91. The van der Waals surface area contributed by atoms with Crippen LogP contribution in [0.25, 0.3) is 0 Å². The molecule has 22 heavy (non-hydrogen) atoms. The zero-order valence-corrected chi connectivity index (χ0v) is 13.7. The summed E-state index contributed by atoms with van der Waals surface area (Å²) >= 11 is 17.1. The van der Waals surface area contributed by atoms with Gasteiger partial charge in [-0.25, -0.2) is 0 Å². The molecule has 0 saturated heterocycles. The van der Waals surface area contributed by atoms with Gasteiger partial charge in [0.05, 0.1) is 15.6 Å². The molecule has 8 heteroatoms. The van der Waals surface area contributed by atoms with Crippen LogP contribution in [0.2, 0.25) is 10.0 Å². The van der Waals surface area contributed by atoms with Crippen LogP contribution >= 0.6 is 35.4 Å². The van der Waals surface area contributed by atoms with Crippen LogP contribution in [-0.4, -0.2) is 10.0 Å². The highest BCUT2D eigenvalue weighted by molar-refractivity contribution is 7.80. The molecule has 0 fully saturated rings. The molecule has 2 aromatic rings. The minimum absolute atomic E-state index is 0.0753. The van der Waals surface area contributed by atoms with Gasteiger partial charge >= 0.3 is 0 Å². The van der Waals surface area contributed by atoms with E-state index in [-0.39, 0.29) is 10.8 Å². The Morgan fingerprint density at radius 3 is 2.50 bits per heavy atom. The summed E-state index contributed by atoms with van der Waals surface area (Å²) in [5.41, 5.74) is 1.98. The highest BCUT2D eigenvalue weighted by atomic mass is 35.5. The molecule has 2 aromatic carbocycles. The summed E-state index contributed by atoms with van der Waals surface area (Å²) in [5, 5.41) is 17.8. The van der Waals surface area contributed by atoms with Gasteiger partial charge in [0.15, 0.2) is 5.11 Å². The van der Waals surface area contributed by atoms with E-state index in [0.717, 1.165) is 11.3 Å². The van der Waals surface area contributed by atoms with Crippen molar-refractivity contribution in [1.82, 2.24) is 0 Å². The molecular weight excluding hydrogens is 345 g/mol. The number of anilines is 2. The number of halogens is 2. The predicted molar refractivity (Wildman–Crippen MR) is 94.1 cm³/mol. The summed E-state index contributed by atoms with van der Waals surface area (Å²) < 4.78 is 0. The van der Waals surface area contributed by atoms with Gasteiger partial charge < -0.3 is 10.6 Å². The first-order valence-electron chi connectivity index (χ1n) is 6.15. The van der Waals surface area contributed by atoms with Crippen molar-refractivity contribution in [3.05, 3.63) is 62.1 Å². The summed E-state index contributed by atoms with van der Waals surface area (Å²) in [6.07, 6.45) is 0. The summed E-state index contributed by atoms with van der Waals surface area (Å²) in [6, 6.07) is 9.45. The van der Waals surface area contributed by atoms with Gasteiger partial charge in [-0.3, -0.25) is 10.1 Å². The lowest BCUT2D eigenvalue weighted by molar-refractivity contribution is -0.384. The zero-order chi connectivity index (χ0) is 16.3. The number of aryl methyl sites for hydroxylation is 1. The van der Waals surface area contributed by atoms with E-state index in [9.17, 15) is 10.1 Å². The third kappa shape index (κ3) is 4.07. The molecule has 0 aliphatic heterocycles. The lowest BCUT2D eigenvalue weighted by Crippen LogP contribution is -2.20. The summed E-state index contributed by atoms with van der Waals surface area (Å²) in [5.74, 6) is 0. The lowest BCUT2D eigenvalue weighted by Gasteiger charge is -2.13. The van der Waals surface area contributed by atoms with E-state index in [1.54, 1.807) is 12.1 Å². The van der Waals surface area contributed by atoms with Crippen molar-refractivity contribution in [1.29, 1.82) is 0 Å². The van der Waals surface area contributed by atoms with Crippen molar-refractivity contribution in [3.63, 3.8) is 0 Å². The van der Waals surface area contributed by atoms with E-state index in [1.165, 1.54) is 18.2 Å². The molecule has 0 aliphatic rings. The number of nitro benzene ring substituents is 1. The van der Waals surface area contributed by atoms with E-state index in [1.807, 2.05) is 13.0 Å². The number of rotatable bonds is 3. The Morgan fingerprint density at radius 1 is 1.14 bits per heavy atom. The molecule has 5 nitrogen and oxygen atoms in total. The predicted octanol–water partition coefficient (Wildman–Crippen LogP) is 5.02. The fourth-order valence-electron chi connectivity index (χ4n) is 1.73. The van der Waals surface area contributed by atoms with Crippen molar-refractivity contribution in [2.75, 3.05) is 10.6 Å². The molecule has 0 aromatic heterocycles. The van der Waals surface area contributed by atoms with Crippen LogP contribution in [0.4, 0.5) is 17.1 Å². The summed E-state index contributed by atoms with van der Waals surface area (Å²) in [7, 11) is 0. The summed E-state index contributed by atoms with van der Waals surface area (Å²) in [6.45, 7) is 1.90. The molecule has 0 radical (unpaired) electrons. The molecule has 0 amide bonds. The first-order chi connectivity index (χ1) is 10.4. The van der Waals surface area contributed by atoms with Crippen molar-refractivity contribution < 1.29 is 4.92 Å². The molecule has 0 saturated carbocycles. The zero-order valence-electron chi connectivity index (χ0n) is 11.4. The first-order valence-corrected chi connectivity index (χ1v) is 7.31. The second-order valence-corrected chi connectivity index (χ2v) is 5.71. The Balaban J connectivity index is 2.17. The molecule has 0 heterocycles. The largest absolute Gasteiger partial charge is 0.332 e. The van der Waals surface area contributed by atoms with Gasteiger partial charge in [-0.05, 0) is 42.9 Å². The number of nitro groups is 1. The quantitative estimate of drug-likeness (QED) is 0.459. The summed E-state index contributed by atoms with van der Waals surface area (Å²) in [4.78, 5) is 10.3. The monoisotopic (exact) mass is 355 g/mol. The number of nitrogens with one attached hydrogen (secondary N) is 2. The Kier molecular flexibility index (Phi) is 5.18. The highest BCUT2D eigenvalue weighted by Gasteiger charge is 2.11. The normalized spacial score (nSPS) is 10.1. The molecule has 0 aliphatic carbocycles. The van der Waals surface area contributed by atoms with Crippen LogP contribution < -0.4 is 10.6 Å². The smallest absolute Gasteiger partial charge is 0.271 e. The number of hydrogen-bond acceptors (Lipinski definition) is 3. The van der Waals surface area contributed by atoms with Gasteiger partial charge in [-0.2, -0.15) is 0 Å². The Hall–Kier alpha value is -1.89. The van der Waals surface area contributed by atoms with Gasteiger partial charge in [0.2, 0.25) is 0 Å². The maximum absolute atomic E-state index is 10.8. The number of thiocarbonyl (C=S) groups is 1. The molecule has 0 unspecified atom stereocenters. The molecule has 2 N–H and O–H groups in total. The van der Waals surface area contributed by atoms with E-state index >= 15 is 0 Å². The molecule has 114 valence electrons. The van der Waals surface area contributed by atoms with E-state index in [0.29, 0.717) is 15.7 Å². The molecule has 2 rings (SSSR count). The Morgan fingerprint density at radius 2 is 1.82 bits per heavy atom. The molecular formula is C14H11Cl2N3O2S. The van der Waals surface area contributed by atoms with Crippen molar-refractivity contribution >= 4 is 57.6 Å². The Bertz CT molecular complexity index is 753. The van der Waals surface area contributed by atoms with Crippen LogP contribution in [0.15, 0.2) is 36.4 Å². The second-order valence-electron chi connectivity index (χ2n) is 4.46. The maximum Gasteiger partial charge on any atom is 0.271 e. The lowest BCUT2D eigenvalue weighted by atomic mass is 10.2. The van der Waals surface area contributed by atoms with Crippen LogP contribution in [-0.2, 0) is 0 Å². The third-order valence-electron chi connectivity index (χ3n) is 2.86. The van der Waals surface area contributed by atoms with Crippen LogP contribution in [0.3, 0.4) is 0 Å². The number of nitrogens with zero attached hydrogens (tertiary/aromatic N) is 1. The first kappa shape index (κ1) is 16.5. The highest BCUT2D eigenvalue weighted by Crippen LogP contribution is 2.27. The maximum atomic E-state index is 10.8. The van der Waals surface area contributed by atoms with Gasteiger partial charge in [-0.1, -0.05) is 29.3 Å². The van der Waals surface area contributed by atoms with E-state index < -0.39 is 4.92 Å². The Labute approximate surface area is 142 Å². The van der Waals surface area contributed by atoms with E-state index in [2.05, 4.69) is 10.6 Å². The standard InChI is InChI=1S/C14H11Cl2N3O2S/c1-8-2-3-9(15)6-12(8)17-14(22)18-13-7-10(19(20)21)4-5-11(13)16/h2-7H,1H3,(H2,17,18,22). The van der Waals surface area contributed by atoms with Crippen LogP contribution in [0.5, 0.6) is 0 Å². The van der Waals surface area contributed by atoms with Gasteiger partial charge in [0.1, 0.15) is 0 Å². The van der Waals surface area contributed by atoms with Crippen molar-refractivity contribution in [3.8, 4) is 0 Å². The fourth-order valence-corrected chi connectivity index (χ4v) is 2.28. The van der Waals surface area contributed by atoms with Gasteiger partial charge in [0, 0.05) is 22.8 Å². The van der Waals surface area contributed by atoms with E-state index in [4.69, 9.17) is 35.4 Å². The van der Waals surface area contributed by atoms with Gasteiger partial charge in [0.25, 0.3) is 5.69 Å². The minimum Gasteiger partial charge on any atom is -0.332 e. The molecule has 0 spiro atoms. The van der Waals surface area contributed by atoms with Crippen LogP contribution in [0.1, 0.15) is 5.56 Å². The minimum atomic E-state index is -0.501. The van der Waals surface area contributed by atoms with Gasteiger partial charge in [-0.15, -0.1) is 0 Å². The van der Waals surface area contributed by atoms with Crippen LogP contribution in [0, 0.1) is 17.0 Å². The molecule has 0 atom stereocenters.